The number of likely N-dealkylation sites (tertiary alicyclic amines) is 1. The monoisotopic (exact) mass is 219 g/mol. The molecule has 0 radical (unpaired) electrons. The lowest BCUT2D eigenvalue weighted by Crippen LogP contribution is -2.32. The molecular weight excluding hydrogens is 200 g/mol. The molecular formula is C11H19F2NO. The average Bonchev–Trinajstić information content (AvgIpc) is 2.50. The first kappa shape index (κ1) is 11.3. The minimum Gasteiger partial charge on any atom is -0.393 e. The topological polar surface area (TPSA) is 23.5 Å². The average molecular weight is 219 g/mol. The van der Waals surface area contributed by atoms with E-state index in [1.165, 1.54) is 0 Å². The predicted molar refractivity (Wildman–Crippen MR) is 54.0 cm³/mol. The first-order valence-corrected chi connectivity index (χ1v) is 5.83. The predicted octanol–water partition coefficient (Wildman–Crippen LogP) is 1.88. The van der Waals surface area contributed by atoms with Gasteiger partial charge in [0.05, 0.1) is 12.6 Å². The lowest BCUT2D eigenvalue weighted by atomic mass is 9.87. The summed E-state index contributed by atoms with van der Waals surface area (Å²) in [6.45, 7) is 1.26. The van der Waals surface area contributed by atoms with Crippen LogP contribution in [0.1, 0.15) is 32.1 Å². The van der Waals surface area contributed by atoms with Gasteiger partial charge < -0.3 is 5.11 Å². The van der Waals surface area contributed by atoms with Gasteiger partial charge in [0.2, 0.25) is 0 Å². The summed E-state index contributed by atoms with van der Waals surface area (Å²) in [5, 5.41) is 9.34. The van der Waals surface area contributed by atoms with Gasteiger partial charge in [-0.3, -0.25) is 4.90 Å². The van der Waals surface area contributed by atoms with Crippen molar-refractivity contribution in [2.45, 2.75) is 44.1 Å². The number of halogens is 2. The van der Waals surface area contributed by atoms with E-state index in [0.717, 1.165) is 32.2 Å². The highest BCUT2D eigenvalue weighted by atomic mass is 19.3. The molecule has 0 amide bonds. The normalized spacial score (nSPS) is 37.0. The zero-order valence-electron chi connectivity index (χ0n) is 8.96. The lowest BCUT2D eigenvalue weighted by molar-refractivity contribution is 0.00909. The standard InChI is InChI=1S/C11H19F2NO/c12-11(13)5-6-14(8-11)7-9-1-3-10(15)4-2-9/h9-10,15H,1-8H2. The van der Waals surface area contributed by atoms with Crippen LogP contribution in [-0.2, 0) is 0 Å². The molecule has 2 fully saturated rings. The van der Waals surface area contributed by atoms with Crippen LogP contribution in [0.5, 0.6) is 0 Å². The van der Waals surface area contributed by atoms with Crippen LogP contribution in [0.2, 0.25) is 0 Å². The van der Waals surface area contributed by atoms with Crippen molar-refractivity contribution in [1.82, 2.24) is 4.90 Å². The Kier molecular flexibility index (Phi) is 3.26. The highest BCUT2D eigenvalue weighted by Crippen LogP contribution is 2.30. The summed E-state index contributed by atoms with van der Waals surface area (Å²) in [5.41, 5.74) is 0. The van der Waals surface area contributed by atoms with E-state index in [4.69, 9.17) is 0 Å². The fourth-order valence-corrected chi connectivity index (χ4v) is 2.66. The molecule has 88 valence electrons. The summed E-state index contributed by atoms with van der Waals surface area (Å²) in [7, 11) is 0. The Morgan fingerprint density at radius 3 is 2.40 bits per heavy atom. The van der Waals surface area contributed by atoms with Crippen molar-refractivity contribution < 1.29 is 13.9 Å². The van der Waals surface area contributed by atoms with Gasteiger partial charge in [0.25, 0.3) is 5.92 Å². The van der Waals surface area contributed by atoms with E-state index >= 15 is 0 Å². The fourth-order valence-electron chi connectivity index (χ4n) is 2.66. The van der Waals surface area contributed by atoms with Crippen molar-refractivity contribution in [3.63, 3.8) is 0 Å². The van der Waals surface area contributed by atoms with Gasteiger partial charge in [0, 0.05) is 19.5 Å². The number of hydrogen-bond acceptors (Lipinski definition) is 2. The Hall–Kier alpha value is -0.220. The van der Waals surface area contributed by atoms with Gasteiger partial charge in [-0.25, -0.2) is 8.78 Å². The van der Waals surface area contributed by atoms with Gasteiger partial charge in [-0.05, 0) is 31.6 Å². The molecule has 2 aliphatic rings. The number of aliphatic hydroxyl groups excluding tert-OH is 1. The van der Waals surface area contributed by atoms with Gasteiger partial charge in [-0.2, -0.15) is 0 Å². The molecule has 0 atom stereocenters. The molecule has 0 aromatic rings. The first-order chi connectivity index (χ1) is 7.05. The quantitative estimate of drug-likeness (QED) is 0.766. The van der Waals surface area contributed by atoms with E-state index in [0.29, 0.717) is 12.5 Å². The molecule has 2 rings (SSSR count). The van der Waals surface area contributed by atoms with Crippen LogP contribution in [-0.4, -0.2) is 41.7 Å². The van der Waals surface area contributed by atoms with Crippen LogP contribution in [0.25, 0.3) is 0 Å². The van der Waals surface area contributed by atoms with E-state index in [-0.39, 0.29) is 19.1 Å². The summed E-state index contributed by atoms with van der Waals surface area (Å²) < 4.78 is 25.9. The summed E-state index contributed by atoms with van der Waals surface area (Å²) in [6, 6.07) is 0. The molecule has 1 heterocycles. The SMILES string of the molecule is OC1CCC(CN2CCC(F)(F)C2)CC1. The summed E-state index contributed by atoms with van der Waals surface area (Å²) in [4.78, 5) is 1.88. The van der Waals surface area contributed by atoms with Crippen molar-refractivity contribution >= 4 is 0 Å². The van der Waals surface area contributed by atoms with Crippen LogP contribution in [0, 0.1) is 5.92 Å². The van der Waals surface area contributed by atoms with Crippen LogP contribution >= 0.6 is 0 Å². The Bertz CT molecular complexity index is 215. The Balaban J connectivity index is 1.74. The Labute approximate surface area is 89.3 Å². The van der Waals surface area contributed by atoms with E-state index in [9.17, 15) is 13.9 Å². The number of aliphatic hydroxyl groups is 1. The van der Waals surface area contributed by atoms with Gasteiger partial charge in [0.1, 0.15) is 0 Å². The second-order valence-corrected chi connectivity index (χ2v) is 5.02. The highest BCUT2D eigenvalue weighted by Gasteiger charge is 2.38. The van der Waals surface area contributed by atoms with E-state index in [2.05, 4.69) is 0 Å². The van der Waals surface area contributed by atoms with Crippen molar-refractivity contribution in [3.8, 4) is 0 Å². The maximum absolute atomic E-state index is 12.9. The fraction of sp³-hybridized carbons (Fsp3) is 1.00. The molecule has 2 nitrogen and oxygen atoms in total. The zero-order chi connectivity index (χ0) is 10.9. The minimum atomic E-state index is -2.46. The van der Waals surface area contributed by atoms with E-state index in [1.807, 2.05) is 4.90 Å². The second kappa shape index (κ2) is 4.34. The molecule has 1 aliphatic carbocycles. The molecule has 0 spiro atoms. The van der Waals surface area contributed by atoms with Crippen LogP contribution < -0.4 is 0 Å². The molecule has 1 saturated carbocycles. The van der Waals surface area contributed by atoms with Crippen molar-refractivity contribution in [1.29, 1.82) is 0 Å². The smallest absolute Gasteiger partial charge is 0.261 e. The molecule has 0 bridgehead atoms. The number of nitrogens with zero attached hydrogens (tertiary/aromatic N) is 1. The minimum absolute atomic E-state index is 0.0162. The van der Waals surface area contributed by atoms with Crippen LogP contribution in [0.4, 0.5) is 8.78 Å². The van der Waals surface area contributed by atoms with Crippen LogP contribution in [0.3, 0.4) is 0 Å². The largest absolute Gasteiger partial charge is 0.393 e. The third kappa shape index (κ3) is 3.11. The summed E-state index contributed by atoms with van der Waals surface area (Å²) >= 11 is 0. The Morgan fingerprint density at radius 1 is 1.20 bits per heavy atom. The second-order valence-electron chi connectivity index (χ2n) is 5.02. The van der Waals surface area contributed by atoms with E-state index < -0.39 is 5.92 Å². The molecule has 0 aromatic carbocycles. The molecule has 1 aliphatic heterocycles. The van der Waals surface area contributed by atoms with Crippen LogP contribution in [0.15, 0.2) is 0 Å². The van der Waals surface area contributed by atoms with Crippen molar-refractivity contribution in [2.24, 2.45) is 5.92 Å². The summed E-state index contributed by atoms with van der Waals surface area (Å²) in [5.74, 6) is -1.95. The van der Waals surface area contributed by atoms with Gasteiger partial charge in [0.15, 0.2) is 0 Å². The third-order valence-electron chi connectivity index (χ3n) is 3.58. The Morgan fingerprint density at radius 2 is 1.87 bits per heavy atom. The molecule has 1 N–H and O–H groups in total. The molecule has 1 saturated heterocycles. The molecule has 15 heavy (non-hydrogen) atoms. The van der Waals surface area contributed by atoms with Crippen molar-refractivity contribution in [3.05, 3.63) is 0 Å². The summed E-state index contributed by atoms with van der Waals surface area (Å²) in [6.07, 6.45) is 3.53. The van der Waals surface area contributed by atoms with Gasteiger partial charge in [-0.1, -0.05) is 0 Å². The highest BCUT2D eigenvalue weighted by molar-refractivity contribution is 4.84. The number of hydrogen-bond donors (Lipinski definition) is 1. The van der Waals surface area contributed by atoms with E-state index in [1.54, 1.807) is 0 Å². The zero-order valence-corrected chi connectivity index (χ0v) is 8.96. The molecule has 0 unspecified atom stereocenters. The first-order valence-electron chi connectivity index (χ1n) is 5.83. The van der Waals surface area contributed by atoms with Gasteiger partial charge in [-0.15, -0.1) is 0 Å². The molecule has 4 heteroatoms. The van der Waals surface area contributed by atoms with Gasteiger partial charge >= 0.3 is 0 Å². The molecule has 0 aromatic heterocycles. The lowest BCUT2D eigenvalue weighted by Gasteiger charge is -2.28. The third-order valence-corrected chi connectivity index (χ3v) is 3.58. The van der Waals surface area contributed by atoms with Crippen molar-refractivity contribution in [2.75, 3.05) is 19.6 Å². The number of alkyl halides is 2. The maximum atomic E-state index is 12.9. The maximum Gasteiger partial charge on any atom is 0.261 e. The number of rotatable bonds is 2.